The minimum absolute atomic E-state index is 0.0758. The number of nitrogens with zero attached hydrogens (tertiary/aromatic N) is 2. The van der Waals surface area contributed by atoms with Gasteiger partial charge < -0.3 is 9.64 Å². The number of rotatable bonds is 5. The number of carbonyl (C=O) groups excluding carboxylic acids is 1. The highest BCUT2D eigenvalue weighted by atomic mass is 16.5. The highest BCUT2D eigenvalue weighted by Gasteiger charge is 2.34. The molecule has 1 saturated carbocycles. The summed E-state index contributed by atoms with van der Waals surface area (Å²) in [5.41, 5.74) is 1.11. The van der Waals surface area contributed by atoms with Crippen LogP contribution in [0.2, 0.25) is 0 Å². The number of hydrogen-bond donors (Lipinski definition) is 0. The molecule has 1 heterocycles. The van der Waals surface area contributed by atoms with Crippen molar-refractivity contribution >= 4 is 5.91 Å². The Morgan fingerprint density at radius 2 is 2.18 bits per heavy atom. The molecule has 1 fully saturated rings. The van der Waals surface area contributed by atoms with Crippen LogP contribution in [0.25, 0.3) is 0 Å². The van der Waals surface area contributed by atoms with Gasteiger partial charge in [0.25, 0.3) is 5.91 Å². The van der Waals surface area contributed by atoms with Crippen molar-refractivity contribution in [3.05, 3.63) is 30.1 Å². The third kappa shape index (κ3) is 3.03. The number of pyridine rings is 1. The molecule has 0 saturated heterocycles. The number of aromatic nitrogens is 1. The van der Waals surface area contributed by atoms with Crippen molar-refractivity contribution in [1.29, 1.82) is 0 Å². The SMILES string of the molecule is CO[C@@H](C)C(=O)N(Cc1ccncc1)C1CC1. The highest BCUT2D eigenvalue weighted by molar-refractivity contribution is 5.81. The molecule has 92 valence electrons. The zero-order chi connectivity index (χ0) is 12.3. The van der Waals surface area contributed by atoms with E-state index in [1.54, 1.807) is 26.4 Å². The number of hydrogen-bond acceptors (Lipinski definition) is 3. The summed E-state index contributed by atoms with van der Waals surface area (Å²) in [6, 6.07) is 4.29. The maximum atomic E-state index is 12.1. The Labute approximate surface area is 102 Å². The van der Waals surface area contributed by atoms with Gasteiger partial charge in [0, 0.05) is 32.1 Å². The van der Waals surface area contributed by atoms with Crippen molar-refractivity contribution < 1.29 is 9.53 Å². The predicted molar refractivity (Wildman–Crippen MR) is 64.3 cm³/mol. The molecule has 0 spiro atoms. The summed E-state index contributed by atoms with van der Waals surface area (Å²) >= 11 is 0. The molecule has 0 radical (unpaired) electrons. The second-order valence-corrected chi connectivity index (χ2v) is 4.43. The van der Waals surface area contributed by atoms with Crippen LogP contribution in [0.5, 0.6) is 0 Å². The quantitative estimate of drug-likeness (QED) is 0.777. The zero-order valence-electron chi connectivity index (χ0n) is 10.3. The van der Waals surface area contributed by atoms with Crippen LogP contribution in [0.4, 0.5) is 0 Å². The lowest BCUT2D eigenvalue weighted by Crippen LogP contribution is -2.39. The van der Waals surface area contributed by atoms with Crippen molar-refractivity contribution in [2.24, 2.45) is 0 Å². The number of carbonyl (C=O) groups is 1. The van der Waals surface area contributed by atoms with Crippen LogP contribution in [0.15, 0.2) is 24.5 Å². The first-order chi connectivity index (χ1) is 8.22. The summed E-state index contributed by atoms with van der Waals surface area (Å²) in [5, 5.41) is 0. The van der Waals surface area contributed by atoms with E-state index in [9.17, 15) is 4.79 Å². The standard InChI is InChI=1S/C13H18N2O2/c1-10(17-2)13(16)15(12-3-4-12)9-11-5-7-14-8-6-11/h5-8,10,12H,3-4,9H2,1-2H3/t10-/m0/s1. The van der Waals surface area contributed by atoms with Crippen LogP contribution in [-0.2, 0) is 16.1 Å². The van der Waals surface area contributed by atoms with Crippen LogP contribution in [0.1, 0.15) is 25.3 Å². The fourth-order valence-corrected chi connectivity index (χ4v) is 1.79. The predicted octanol–water partition coefficient (Wildman–Crippen LogP) is 1.61. The van der Waals surface area contributed by atoms with Gasteiger partial charge in [-0.2, -0.15) is 0 Å². The fraction of sp³-hybridized carbons (Fsp3) is 0.538. The molecule has 1 aromatic rings. The number of amides is 1. The lowest BCUT2D eigenvalue weighted by molar-refractivity contribution is -0.142. The molecule has 4 heteroatoms. The minimum Gasteiger partial charge on any atom is -0.372 e. The van der Waals surface area contributed by atoms with Crippen LogP contribution in [0, 0.1) is 0 Å². The van der Waals surface area contributed by atoms with Crippen LogP contribution in [-0.4, -0.2) is 35.0 Å². The third-order valence-corrected chi connectivity index (χ3v) is 3.07. The van der Waals surface area contributed by atoms with Crippen molar-refractivity contribution in [3.63, 3.8) is 0 Å². The second-order valence-electron chi connectivity index (χ2n) is 4.43. The van der Waals surface area contributed by atoms with E-state index in [2.05, 4.69) is 4.98 Å². The second kappa shape index (κ2) is 5.27. The van der Waals surface area contributed by atoms with Gasteiger partial charge in [0.15, 0.2) is 0 Å². The molecule has 1 amide bonds. The molecule has 0 N–H and O–H groups in total. The Morgan fingerprint density at radius 3 is 2.71 bits per heavy atom. The first-order valence-corrected chi connectivity index (χ1v) is 5.94. The molecule has 4 nitrogen and oxygen atoms in total. The van der Waals surface area contributed by atoms with E-state index in [4.69, 9.17) is 4.74 Å². The first kappa shape index (κ1) is 12.0. The molecule has 2 rings (SSSR count). The van der Waals surface area contributed by atoms with Crippen molar-refractivity contribution in [1.82, 2.24) is 9.88 Å². The number of methoxy groups -OCH3 is 1. The van der Waals surface area contributed by atoms with Gasteiger partial charge in [-0.1, -0.05) is 0 Å². The van der Waals surface area contributed by atoms with Gasteiger partial charge in [-0.05, 0) is 37.5 Å². The van der Waals surface area contributed by atoms with Crippen molar-refractivity contribution in [3.8, 4) is 0 Å². The molecule has 0 unspecified atom stereocenters. The topological polar surface area (TPSA) is 42.4 Å². The van der Waals surface area contributed by atoms with E-state index in [0.717, 1.165) is 18.4 Å². The summed E-state index contributed by atoms with van der Waals surface area (Å²) < 4.78 is 5.11. The summed E-state index contributed by atoms with van der Waals surface area (Å²) in [5.74, 6) is 0.0758. The van der Waals surface area contributed by atoms with E-state index in [1.165, 1.54) is 0 Å². The maximum absolute atomic E-state index is 12.1. The lowest BCUT2D eigenvalue weighted by Gasteiger charge is -2.25. The molecule has 1 atom stereocenters. The summed E-state index contributed by atoms with van der Waals surface area (Å²) in [7, 11) is 1.57. The molecule has 1 aliphatic carbocycles. The molecular weight excluding hydrogens is 216 g/mol. The van der Waals surface area contributed by atoms with Crippen LogP contribution >= 0.6 is 0 Å². The van der Waals surface area contributed by atoms with Crippen molar-refractivity contribution in [2.45, 2.75) is 38.5 Å². The third-order valence-electron chi connectivity index (χ3n) is 3.07. The molecule has 0 bridgehead atoms. The van der Waals surface area contributed by atoms with Gasteiger partial charge in [-0.25, -0.2) is 0 Å². The van der Waals surface area contributed by atoms with Gasteiger partial charge in [0.2, 0.25) is 0 Å². The van der Waals surface area contributed by atoms with Crippen LogP contribution in [0.3, 0.4) is 0 Å². The van der Waals surface area contributed by atoms with Gasteiger partial charge in [0.05, 0.1) is 0 Å². The Bertz CT molecular complexity index is 376. The molecule has 1 aliphatic rings. The largest absolute Gasteiger partial charge is 0.372 e. The average molecular weight is 234 g/mol. The smallest absolute Gasteiger partial charge is 0.251 e. The van der Waals surface area contributed by atoms with Gasteiger partial charge in [0.1, 0.15) is 6.10 Å². The highest BCUT2D eigenvalue weighted by Crippen LogP contribution is 2.29. The molecule has 17 heavy (non-hydrogen) atoms. The zero-order valence-corrected chi connectivity index (χ0v) is 10.3. The van der Waals surface area contributed by atoms with E-state index < -0.39 is 0 Å². The molecule has 0 aliphatic heterocycles. The maximum Gasteiger partial charge on any atom is 0.251 e. The fourth-order valence-electron chi connectivity index (χ4n) is 1.79. The molecule has 1 aromatic heterocycles. The van der Waals surface area contributed by atoms with E-state index >= 15 is 0 Å². The monoisotopic (exact) mass is 234 g/mol. The number of ether oxygens (including phenoxy) is 1. The van der Waals surface area contributed by atoms with Gasteiger partial charge in [-0.3, -0.25) is 9.78 Å². The molecule has 0 aromatic carbocycles. The van der Waals surface area contributed by atoms with Crippen molar-refractivity contribution in [2.75, 3.05) is 7.11 Å². The van der Waals surface area contributed by atoms with E-state index in [0.29, 0.717) is 12.6 Å². The Hall–Kier alpha value is -1.42. The Balaban J connectivity index is 2.05. The summed E-state index contributed by atoms with van der Waals surface area (Å²) in [6.07, 6.45) is 5.35. The lowest BCUT2D eigenvalue weighted by atomic mass is 10.2. The summed E-state index contributed by atoms with van der Waals surface area (Å²) in [6.45, 7) is 2.45. The first-order valence-electron chi connectivity index (χ1n) is 5.94. The van der Waals surface area contributed by atoms with E-state index in [-0.39, 0.29) is 12.0 Å². The normalized spacial score (nSPS) is 16.6. The minimum atomic E-state index is -0.363. The Kier molecular flexibility index (Phi) is 3.74. The summed E-state index contributed by atoms with van der Waals surface area (Å²) in [4.78, 5) is 18.0. The van der Waals surface area contributed by atoms with Gasteiger partial charge in [-0.15, -0.1) is 0 Å². The van der Waals surface area contributed by atoms with E-state index in [1.807, 2.05) is 17.0 Å². The van der Waals surface area contributed by atoms with Crippen LogP contribution < -0.4 is 0 Å². The van der Waals surface area contributed by atoms with Gasteiger partial charge >= 0.3 is 0 Å². The average Bonchev–Trinajstić information content (AvgIpc) is 3.19. The molecular formula is C13H18N2O2. The Morgan fingerprint density at radius 1 is 1.53 bits per heavy atom.